The van der Waals surface area contributed by atoms with Crippen LogP contribution in [0, 0.1) is 11.8 Å². The topological polar surface area (TPSA) is 21.7 Å². The van der Waals surface area contributed by atoms with E-state index in [1.807, 2.05) is 0 Å². The number of unbranched alkanes of at least 4 members (excludes halogenated alkanes) is 24. The molecule has 0 aromatic heterocycles. The predicted molar refractivity (Wildman–Crippen MR) is 229 cm³/mol. The van der Waals surface area contributed by atoms with Crippen molar-refractivity contribution in [1.82, 2.24) is 4.90 Å². The molecule has 1 aliphatic rings. The van der Waals surface area contributed by atoms with Crippen LogP contribution in [0.15, 0.2) is 54.6 Å². The number of rotatable bonds is 38. The van der Waals surface area contributed by atoms with Crippen LogP contribution in [0.25, 0.3) is 0 Å². The molecule has 3 nitrogen and oxygen atoms in total. The molecule has 1 aromatic rings. The molecule has 1 aromatic carbocycles. The number of ether oxygens (including phenoxy) is 2. The first-order chi connectivity index (χ1) is 25.8. The van der Waals surface area contributed by atoms with Gasteiger partial charge in [0.2, 0.25) is 0 Å². The van der Waals surface area contributed by atoms with Crippen molar-refractivity contribution in [3.05, 3.63) is 60.2 Å². The first-order valence-electron chi connectivity index (χ1n) is 23.0. The van der Waals surface area contributed by atoms with Crippen LogP contribution >= 0.6 is 0 Å². The maximum atomic E-state index is 6.31. The average Bonchev–Trinajstić information content (AvgIpc) is 3.54. The number of hydrogen-bond acceptors (Lipinski definition) is 3. The second kappa shape index (κ2) is 36.6. The van der Waals surface area contributed by atoms with Gasteiger partial charge in [-0.25, -0.2) is 0 Å². The van der Waals surface area contributed by atoms with Crippen molar-refractivity contribution in [2.24, 2.45) is 11.8 Å². The van der Waals surface area contributed by atoms with Gasteiger partial charge in [0, 0.05) is 44.7 Å². The quantitative estimate of drug-likeness (QED) is 0.0501. The van der Waals surface area contributed by atoms with Crippen LogP contribution in [0.3, 0.4) is 0 Å². The third-order valence-corrected chi connectivity index (χ3v) is 11.2. The minimum Gasteiger partial charge on any atom is -0.381 e. The van der Waals surface area contributed by atoms with Crippen molar-refractivity contribution in [1.29, 1.82) is 0 Å². The molecule has 3 heteroatoms. The molecule has 0 saturated carbocycles. The van der Waals surface area contributed by atoms with Crippen LogP contribution in [-0.2, 0) is 16.0 Å². The normalized spacial score (nSPS) is 16.7. The average molecular weight is 722 g/mol. The SMILES string of the molecule is CCCCCCCC/C=C\CCCCCCCCOC[C@@H]1CN(Cc2ccccc2)C[C@H]1COCCCCCCCC/C=C\CCCCCCCC. The van der Waals surface area contributed by atoms with E-state index < -0.39 is 0 Å². The molecule has 1 fully saturated rings. The maximum Gasteiger partial charge on any atom is 0.0510 e. The summed E-state index contributed by atoms with van der Waals surface area (Å²) in [5.41, 5.74) is 1.41. The number of benzene rings is 1. The van der Waals surface area contributed by atoms with E-state index >= 15 is 0 Å². The van der Waals surface area contributed by atoms with E-state index in [1.54, 1.807) is 0 Å². The number of hydrogen-bond donors (Lipinski definition) is 0. The highest BCUT2D eigenvalue weighted by molar-refractivity contribution is 5.14. The van der Waals surface area contributed by atoms with Gasteiger partial charge in [0.1, 0.15) is 0 Å². The molecule has 0 amide bonds. The fourth-order valence-corrected chi connectivity index (χ4v) is 7.76. The Morgan fingerprint density at radius 2 is 0.808 bits per heavy atom. The van der Waals surface area contributed by atoms with Gasteiger partial charge in [-0.1, -0.05) is 184 Å². The third-order valence-electron chi connectivity index (χ3n) is 11.2. The lowest BCUT2D eigenvalue weighted by atomic mass is 9.98. The zero-order chi connectivity index (χ0) is 36.8. The minimum absolute atomic E-state index is 0.581. The summed E-state index contributed by atoms with van der Waals surface area (Å²) in [7, 11) is 0. The zero-order valence-corrected chi connectivity index (χ0v) is 34.9. The van der Waals surface area contributed by atoms with E-state index in [0.29, 0.717) is 11.8 Å². The van der Waals surface area contributed by atoms with Crippen LogP contribution in [0.5, 0.6) is 0 Å². The standard InChI is InChI=1S/C49H87NO2/c1-3-5-7-9-11-13-15-17-19-21-23-25-27-29-31-36-40-51-45-48-43-50(42-47-38-34-33-35-39-47)44-49(48)46-52-41-37-32-30-28-26-24-22-20-18-16-14-12-10-8-6-4-2/h17-20,33-35,38-39,48-49H,3-16,21-32,36-37,40-46H2,1-2H3/b19-17-,20-18-/t48-,49-/m0/s1. The predicted octanol–water partition coefficient (Wildman–Crippen LogP) is 14.8. The van der Waals surface area contributed by atoms with Gasteiger partial charge < -0.3 is 9.47 Å². The molecule has 0 unspecified atom stereocenters. The molecule has 0 spiro atoms. The summed E-state index contributed by atoms with van der Waals surface area (Å²) in [6.07, 6.45) is 47.5. The van der Waals surface area contributed by atoms with Gasteiger partial charge in [0.25, 0.3) is 0 Å². The Morgan fingerprint density at radius 3 is 1.19 bits per heavy atom. The lowest BCUT2D eigenvalue weighted by molar-refractivity contribution is 0.0482. The van der Waals surface area contributed by atoms with Crippen molar-refractivity contribution in [3.8, 4) is 0 Å². The van der Waals surface area contributed by atoms with Crippen molar-refractivity contribution in [2.75, 3.05) is 39.5 Å². The fraction of sp³-hybridized carbons (Fsp3) is 0.796. The number of nitrogens with zero attached hydrogens (tertiary/aromatic N) is 1. The zero-order valence-electron chi connectivity index (χ0n) is 34.9. The number of likely N-dealkylation sites (tertiary alicyclic amines) is 1. The first-order valence-corrected chi connectivity index (χ1v) is 23.0. The summed E-state index contributed by atoms with van der Waals surface area (Å²) in [6.45, 7) is 11.5. The van der Waals surface area contributed by atoms with Crippen LogP contribution < -0.4 is 0 Å². The molecular formula is C49H87NO2. The van der Waals surface area contributed by atoms with Gasteiger partial charge in [0.05, 0.1) is 13.2 Å². The second-order valence-corrected chi connectivity index (χ2v) is 16.2. The summed E-state index contributed by atoms with van der Waals surface area (Å²) in [4.78, 5) is 2.63. The van der Waals surface area contributed by atoms with Gasteiger partial charge in [-0.2, -0.15) is 0 Å². The van der Waals surface area contributed by atoms with Crippen molar-refractivity contribution in [2.45, 2.75) is 200 Å². The van der Waals surface area contributed by atoms with Crippen LogP contribution in [0.2, 0.25) is 0 Å². The third kappa shape index (κ3) is 28.1. The highest BCUT2D eigenvalue weighted by Crippen LogP contribution is 2.26. The van der Waals surface area contributed by atoms with E-state index in [0.717, 1.165) is 46.1 Å². The lowest BCUT2D eigenvalue weighted by Crippen LogP contribution is -2.23. The molecule has 2 rings (SSSR count). The van der Waals surface area contributed by atoms with Crippen molar-refractivity contribution < 1.29 is 9.47 Å². The summed E-state index contributed by atoms with van der Waals surface area (Å²) in [5.74, 6) is 1.16. The summed E-state index contributed by atoms with van der Waals surface area (Å²) in [6, 6.07) is 11.0. The van der Waals surface area contributed by atoms with Crippen LogP contribution in [0.1, 0.15) is 199 Å². The van der Waals surface area contributed by atoms with E-state index in [-0.39, 0.29) is 0 Å². The molecular weight excluding hydrogens is 635 g/mol. The fourth-order valence-electron chi connectivity index (χ4n) is 7.76. The Morgan fingerprint density at radius 1 is 0.462 bits per heavy atom. The van der Waals surface area contributed by atoms with Crippen LogP contribution in [-0.4, -0.2) is 44.4 Å². The van der Waals surface area contributed by atoms with Gasteiger partial charge in [-0.3, -0.25) is 4.90 Å². The van der Waals surface area contributed by atoms with Gasteiger partial charge in [0.15, 0.2) is 0 Å². The van der Waals surface area contributed by atoms with Gasteiger partial charge in [-0.15, -0.1) is 0 Å². The minimum atomic E-state index is 0.581. The Hall–Kier alpha value is -1.42. The molecule has 0 aliphatic carbocycles. The van der Waals surface area contributed by atoms with Crippen molar-refractivity contribution >= 4 is 0 Å². The lowest BCUT2D eigenvalue weighted by Gasteiger charge is -2.18. The molecule has 300 valence electrons. The first kappa shape index (κ1) is 46.7. The molecule has 52 heavy (non-hydrogen) atoms. The molecule has 2 atom stereocenters. The maximum absolute atomic E-state index is 6.31. The van der Waals surface area contributed by atoms with Gasteiger partial charge in [-0.05, 0) is 69.8 Å². The molecule has 1 aliphatic heterocycles. The summed E-state index contributed by atoms with van der Waals surface area (Å²) in [5, 5.41) is 0. The molecule has 0 radical (unpaired) electrons. The largest absolute Gasteiger partial charge is 0.381 e. The van der Waals surface area contributed by atoms with E-state index in [1.165, 1.54) is 185 Å². The van der Waals surface area contributed by atoms with Crippen LogP contribution in [0.4, 0.5) is 0 Å². The Balaban J connectivity index is 1.47. The second-order valence-electron chi connectivity index (χ2n) is 16.2. The molecule has 0 bridgehead atoms. The Kier molecular flexibility index (Phi) is 32.8. The van der Waals surface area contributed by atoms with E-state index in [9.17, 15) is 0 Å². The molecule has 1 heterocycles. The Labute approximate surface area is 325 Å². The van der Waals surface area contributed by atoms with E-state index in [2.05, 4.69) is 73.4 Å². The highest BCUT2D eigenvalue weighted by atomic mass is 16.5. The summed E-state index contributed by atoms with van der Waals surface area (Å²) >= 11 is 0. The highest BCUT2D eigenvalue weighted by Gasteiger charge is 2.33. The smallest absolute Gasteiger partial charge is 0.0510 e. The van der Waals surface area contributed by atoms with Gasteiger partial charge >= 0.3 is 0 Å². The van der Waals surface area contributed by atoms with E-state index in [4.69, 9.17) is 9.47 Å². The number of allylic oxidation sites excluding steroid dienone is 4. The van der Waals surface area contributed by atoms with Crippen molar-refractivity contribution in [3.63, 3.8) is 0 Å². The molecule has 1 saturated heterocycles. The summed E-state index contributed by atoms with van der Waals surface area (Å²) < 4.78 is 12.6. The monoisotopic (exact) mass is 722 g/mol. The Bertz CT molecular complexity index is 859. The molecule has 0 N–H and O–H groups in total.